The van der Waals surface area contributed by atoms with Gasteiger partial charge < -0.3 is 5.32 Å². The Morgan fingerprint density at radius 3 is 2.54 bits per heavy atom. The van der Waals surface area contributed by atoms with E-state index in [0.29, 0.717) is 27.5 Å². The lowest BCUT2D eigenvalue weighted by atomic mass is 9.45. The Morgan fingerprint density at radius 1 is 1.29 bits per heavy atom. The highest BCUT2D eigenvalue weighted by Crippen LogP contribution is 2.61. The molecule has 4 saturated carbocycles. The van der Waals surface area contributed by atoms with Crippen LogP contribution in [0.4, 0.5) is 0 Å². The Balaban J connectivity index is 1.48. The molecule has 0 saturated heterocycles. The minimum atomic E-state index is -3.09. The fourth-order valence-electron chi connectivity index (χ4n) is 5.12. The lowest BCUT2D eigenvalue weighted by Gasteiger charge is -2.62. The van der Waals surface area contributed by atoms with Crippen LogP contribution in [0.25, 0.3) is 0 Å². The van der Waals surface area contributed by atoms with Gasteiger partial charge in [0, 0.05) is 23.7 Å². The Hall–Kier alpha value is -0.390. The number of sulfone groups is 1. The van der Waals surface area contributed by atoms with Gasteiger partial charge in [0.2, 0.25) is 0 Å². The van der Waals surface area contributed by atoms with E-state index in [-0.39, 0.29) is 0 Å². The van der Waals surface area contributed by atoms with Crippen molar-refractivity contribution in [1.29, 1.82) is 0 Å². The van der Waals surface area contributed by atoms with E-state index in [0.717, 1.165) is 18.4 Å². The van der Waals surface area contributed by atoms with Crippen LogP contribution in [0, 0.1) is 23.2 Å². The molecule has 0 amide bonds. The Bertz CT molecular complexity index is 745. The first-order valence-corrected chi connectivity index (χ1v) is 11.9. The van der Waals surface area contributed by atoms with Gasteiger partial charge in [-0.2, -0.15) is 0 Å². The van der Waals surface area contributed by atoms with Crippen LogP contribution >= 0.6 is 11.3 Å². The Labute approximate surface area is 150 Å². The summed E-state index contributed by atoms with van der Waals surface area (Å²) in [4.78, 5) is 1.25. The topological polar surface area (TPSA) is 46.2 Å². The van der Waals surface area contributed by atoms with Crippen molar-refractivity contribution in [1.82, 2.24) is 5.32 Å². The molecule has 0 radical (unpaired) electrons. The quantitative estimate of drug-likeness (QED) is 0.849. The van der Waals surface area contributed by atoms with Gasteiger partial charge in [0.1, 0.15) is 4.21 Å². The van der Waals surface area contributed by atoms with Gasteiger partial charge >= 0.3 is 0 Å². The molecule has 0 spiro atoms. The molecule has 2 bridgehead atoms. The lowest BCUT2D eigenvalue weighted by molar-refractivity contribution is -0.115. The zero-order valence-electron chi connectivity index (χ0n) is 15.1. The first-order valence-electron chi connectivity index (χ1n) is 9.24. The van der Waals surface area contributed by atoms with E-state index in [1.807, 2.05) is 6.07 Å². The fraction of sp³-hybridized carbons (Fsp3) is 0.789. The second-order valence-corrected chi connectivity index (χ2v) is 12.3. The summed E-state index contributed by atoms with van der Waals surface area (Å²) in [5.41, 5.74) is 1.81. The summed E-state index contributed by atoms with van der Waals surface area (Å²) >= 11 is 1.49. The molecule has 1 aromatic rings. The van der Waals surface area contributed by atoms with Crippen molar-refractivity contribution in [3.8, 4) is 0 Å². The molecule has 4 fully saturated rings. The van der Waals surface area contributed by atoms with Crippen molar-refractivity contribution >= 4 is 21.2 Å². The fourth-order valence-corrected chi connectivity index (χ4v) is 7.30. The average molecular weight is 368 g/mol. The van der Waals surface area contributed by atoms with Crippen LogP contribution in [-0.4, -0.2) is 20.7 Å². The molecule has 0 unspecified atom stereocenters. The number of hydrogen-bond acceptors (Lipinski definition) is 4. The van der Waals surface area contributed by atoms with Gasteiger partial charge in [-0.1, -0.05) is 20.8 Å². The summed E-state index contributed by atoms with van der Waals surface area (Å²) in [5, 5.41) is 3.79. The van der Waals surface area contributed by atoms with Gasteiger partial charge in [-0.3, -0.25) is 0 Å². The molecule has 24 heavy (non-hydrogen) atoms. The maximum absolute atomic E-state index is 11.9. The second-order valence-electron chi connectivity index (χ2n) is 8.93. The molecule has 4 aliphatic carbocycles. The summed E-state index contributed by atoms with van der Waals surface area (Å²) < 4.78 is 24.4. The highest BCUT2D eigenvalue weighted by molar-refractivity contribution is 7.92. The molecule has 1 aromatic heterocycles. The molecular weight excluding hydrogens is 338 g/mol. The highest BCUT2D eigenvalue weighted by Gasteiger charge is 2.56. The molecule has 4 aliphatic rings. The molecule has 5 heteroatoms. The van der Waals surface area contributed by atoms with Gasteiger partial charge in [-0.05, 0) is 66.4 Å². The van der Waals surface area contributed by atoms with Crippen LogP contribution in [0.3, 0.4) is 0 Å². The number of rotatable bonds is 5. The molecule has 0 aliphatic heterocycles. The van der Waals surface area contributed by atoms with Gasteiger partial charge in [-0.25, -0.2) is 8.42 Å². The SMILES string of the molecule is C[C@@H]1[C@H]2C[C@@H](C[C@H]1NCc1sc(S(C)(=O)=O)cc1C1CC1)C2(C)C. The summed E-state index contributed by atoms with van der Waals surface area (Å²) in [6.07, 6.45) is 6.42. The average Bonchev–Trinajstić information content (AvgIpc) is 3.24. The van der Waals surface area contributed by atoms with E-state index >= 15 is 0 Å². The van der Waals surface area contributed by atoms with Crippen LogP contribution in [-0.2, 0) is 16.4 Å². The second kappa shape index (κ2) is 5.55. The number of fused-ring (bicyclic) bond motifs is 2. The molecule has 4 atom stereocenters. The summed E-state index contributed by atoms with van der Waals surface area (Å²) in [7, 11) is -3.09. The predicted molar refractivity (Wildman–Crippen MR) is 99.2 cm³/mol. The van der Waals surface area contributed by atoms with E-state index < -0.39 is 9.84 Å². The van der Waals surface area contributed by atoms with Crippen molar-refractivity contribution in [2.45, 2.75) is 69.2 Å². The van der Waals surface area contributed by atoms with Crippen LogP contribution in [0.15, 0.2) is 10.3 Å². The van der Waals surface area contributed by atoms with Crippen molar-refractivity contribution < 1.29 is 8.42 Å². The summed E-state index contributed by atoms with van der Waals surface area (Å²) in [6, 6.07) is 2.53. The number of hydrogen-bond donors (Lipinski definition) is 1. The van der Waals surface area contributed by atoms with Gasteiger partial charge in [0.25, 0.3) is 0 Å². The first-order chi connectivity index (χ1) is 11.2. The van der Waals surface area contributed by atoms with Crippen molar-refractivity contribution in [3.05, 3.63) is 16.5 Å². The third-order valence-electron chi connectivity index (χ3n) is 7.08. The van der Waals surface area contributed by atoms with Crippen LogP contribution < -0.4 is 5.32 Å². The van der Waals surface area contributed by atoms with E-state index in [1.165, 1.54) is 53.7 Å². The van der Waals surface area contributed by atoms with Crippen LogP contribution in [0.2, 0.25) is 0 Å². The normalized spacial score (nSPS) is 34.8. The molecule has 3 nitrogen and oxygen atoms in total. The smallest absolute Gasteiger partial charge is 0.184 e. The van der Waals surface area contributed by atoms with Crippen molar-refractivity contribution in [2.75, 3.05) is 6.26 Å². The molecule has 1 N–H and O–H groups in total. The van der Waals surface area contributed by atoms with E-state index in [2.05, 4.69) is 26.1 Å². The van der Waals surface area contributed by atoms with E-state index in [9.17, 15) is 8.42 Å². The maximum atomic E-state index is 11.9. The summed E-state index contributed by atoms with van der Waals surface area (Å²) in [6.45, 7) is 8.10. The van der Waals surface area contributed by atoms with Crippen molar-refractivity contribution in [2.24, 2.45) is 23.2 Å². The monoisotopic (exact) mass is 367 g/mol. The van der Waals surface area contributed by atoms with Gasteiger partial charge in [0.05, 0.1) is 0 Å². The minimum Gasteiger partial charge on any atom is -0.309 e. The third kappa shape index (κ3) is 2.77. The van der Waals surface area contributed by atoms with Crippen LogP contribution in [0.5, 0.6) is 0 Å². The maximum Gasteiger partial charge on any atom is 0.184 e. The number of thiophene rings is 1. The van der Waals surface area contributed by atoms with Crippen LogP contribution in [0.1, 0.15) is 62.8 Å². The molecule has 5 rings (SSSR count). The van der Waals surface area contributed by atoms with E-state index in [1.54, 1.807) is 0 Å². The minimum absolute atomic E-state index is 0.517. The Morgan fingerprint density at radius 2 is 2.00 bits per heavy atom. The van der Waals surface area contributed by atoms with Gasteiger partial charge in [0.15, 0.2) is 9.84 Å². The predicted octanol–water partition coefficient (Wildman–Crippen LogP) is 4.19. The standard InChI is InChI=1S/C19H29NO2S2/c1-11-15-7-13(19(15,2)3)8-16(11)20-10-17-14(12-5-6-12)9-18(23-17)24(4,21)22/h9,11-13,15-16,20H,5-8,10H2,1-4H3/t11-,13+,15-,16-/m1/s1. The first kappa shape index (κ1) is 17.0. The third-order valence-corrected chi connectivity index (χ3v) is 10.0. The molecule has 1 heterocycles. The summed E-state index contributed by atoms with van der Waals surface area (Å²) in [5.74, 6) is 3.01. The molecule has 134 valence electrons. The molecule has 0 aromatic carbocycles. The van der Waals surface area contributed by atoms with Gasteiger partial charge in [-0.15, -0.1) is 11.3 Å². The lowest BCUT2D eigenvalue weighted by Crippen LogP contribution is -2.59. The zero-order chi connectivity index (χ0) is 17.3. The largest absolute Gasteiger partial charge is 0.309 e. The molecular formula is C19H29NO2S2. The highest BCUT2D eigenvalue weighted by atomic mass is 32.2. The zero-order valence-corrected chi connectivity index (χ0v) is 16.8. The Kier molecular flexibility index (Phi) is 3.94. The van der Waals surface area contributed by atoms with Crippen molar-refractivity contribution in [3.63, 3.8) is 0 Å². The van der Waals surface area contributed by atoms with E-state index in [4.69, 9.17) is 0 Å². The number of nitrogens with one attached hydrogen (secondary N) is 1.